The highest BCUT2D eigenvalue weighted by Gasteiger charge is 2.34. The van der Waals surface area contributed by atoms with Crippen LogP contribution >= 0.6 is 11.3 Å². The van der Waals surface area contributed by atoms with Crippen molar-refractivity contribution in [2.24, 2.45) is 0 Å². The number of carbonyl (C=O) groups is 1. The number of amides is 1. The summed E-state index contributed by atoms with van der Waals surface area (Å²) < 4.78 is 6.83. The Morgan fingerprint density at radius 1 is 0.943 bits per heavy atom. The van der Waals surface area contributed by atoms with Crippen molar-refractivity contribution in [1.82, 2.24) is 14.6 Å². The number of carbonyl (C=O) groups excluding carboxylic acids is 1. The summed E-state index contributed by atoms with van der Waals surface area (Å²) in [6.45, 7) is 2.46. The van der Waals surface area contributed by atoms with Gasteiger partial charge < -0.3 is 9.64 Å². The van der Waals surface area contributed by atoms with Crippen LogP contribution in [0, 0.1) is 6.92 Å². The van der Waals surface area contributed by atoms with E-state index in [2.05, 4.69) is 10.1 Å². The van der Waals surface area contributed by atoms with Gasteiger partial charge in [0, 0.05) is 11.1 Å². The van der Waals surface area contributed by atoms with E-state index in [0.29, 0.717) is 27.4 Å². The molecule has 7 nitrogen and oxygen atoms in total. The number of benzene rings is 3. The number of para-hydroxylation sites is 1. The van der Waals surface area contributed by atoms with Crippen molar-refractivity contribution < 1.29 is 9.53 Å². The predicted octanol–water partition coefficient (Wildman–Crippen LogP) is 3.60. The lowest BCUT2D eigenvalue weighted by Crippen LogP contribution is -2.32. The molecule has 0 N–H and O–H groups in total. The smallest absolute Gasteiger partial charge is 0.291 e. The number of anilines is 1. The first-order valence-corrected chi connectivity index (χ1v) is 11.9. The number of methoxy groups -OCH3 is 1. The van der Waals surface area contributed by atoms with Crippen LogP contribution in [0.15, 0.2) is 77.6 Å². The third-order valence-electron chi connectivity index (χ3n) is 6.12. The van der Waals surface area contributed by atoms with Gasteiger partial charge in [0.1, 0.15) is 10.3 Å². The summed E-state index contributed by atoms with van der Waals surface area (Å²) >= 11 is 1.19. The standard InChI is InChI=1S/C27H20N4O3S/c1-16-7-9-17(10-8-16)15-30-21-6-4-3-5-20(21)22(25(30)32)23-26(33)31-27(35-23)28-24(29-31)18-11-13-19(34-2)14-12-18/h3-14H,15H2,1-2H3/b23-22-. The van der Waals surface area contributed by atoms with Crippen LogP contribution in [0.2, 0.25) is 0 Å². The molecule has 3 aromatic carbocycles. The monoisotopic (exact) mass is 480 g/mol. The van der Waals surface area contributed by atoms with E-state index in [1.54, 1.807) is 12.0 Å². The van der Waals surface area contributed by atoms with E-state index in [0.717, 1.165) is 33.7 Å². The zero-order valence-electron chi connectivity index (χ0n) is 19.1. The van der Waals surface area contributed by atoms with Gasteiger partial charge in [0.15, 0.2) is 5.82 Å². The molecule has 1 aliphatic rings. The van der Waals surface area contributed by atoms with Crippen molar-refractivity contribution >= 4 is 33.5 Å². The van der Waals surface area contributed by atoms with E-state index in [4.69, 9.17) is 4.74 Å². The molecule has 6 rings (SSSR count). The highest BCUT2D eigenvalue weighted by atomic mass is 32.1. The normalized spacial score (nSPS) is 14.6. The van der Waals surface area contributed by atoms with Crippen molar-refractivity contribution in [3.63, 3.8) is 0 Å². The number of nitrogens with zero attached hydrogens (tertiary/aromatic N) is 4. The summed E-state index contributed by atoms with van der Waals surface area (Å²) in [5, 5.41) is 4.43. The lowest BCUT2D eigenvalue weighted by atomic mass is 10.1. The average molecular weight is 481 g/mol. The highest BCUT2D eigenvalue weighted by molar-refractivity contribution is 7.15. The maximum absolute atomic E-state index is 13.6. The van der Waals surface area contributed by atoms with E-state index in [1.807, 2.05) is 79.7 Å². The Hall–Kier alpha value is -4.30. The second-order valence-electron chi connectivity index (χ2n) is 8.36. The Labute approximate surface area is 204 Å². The van der Waals surface area contributed by atoms with Crippen molar-refractivity contribution in [3.8, 4) is 17.1 Å². The van der Waals surface area contributed by atoms with Crippen LogP contribution in [0.25, 0.3) is 21.9 Å². The molecule has 2 aromatic heterocycles. The molecular formula is C27H20N4O3S. The molecule has 0 unspecified atom stereocenters. The van der Waals surface area contributed by atoms with E-state index < -0.39 is 0 Å². The Kier molecular flexibility index (Phi) is 4.96. The Morgan fingerprint density at radius 2 is 1.69 bits per heavy atom. The van der Waals surface area contributed by atoms with Crippen molar-refractivity contribution in [3.05, 3.63) is 104 Å². The number of aryl methyl sites for hydroxylation is 1. The van der Waals surface area contributed by atoms with Crippen LogP contribution in [0.4, 0.5) is 5.69 Å². The van der Waals surface area contributed by atoms with Gasteiger partial charge >= 0.3 is 0 Å². The zero-order valence-corrected chi connectivity index (χ0v) is 19.9. The molecule has 0 fully saturated rings. The molecule has 0 bridgehead atoms. The molecule has 1 amide bonds. The molecule has 5 aromatic rings. The Bertz CT molecular complexity index is 1700. The van der Waals surface area contributed by atoms with Crippen molar-refractivity contribution in [2.45, 2.75) is 13.5 Å². The topological polar surface area (TPSA) is 76.8 Å². The minimum Gasteiger partial charge on any atom is -0.497 e. The first-order valence-electron chi connectivity index (χ1n) is 11.1. The van der Waals surface area contributed by atoms with E-state index >= 15 is 0 Å². The van der Waals surface area contributed by atoms with Crippen LogP contribution in [-0.2, 0) is 11.3 Å². The molecule has 1 aliphatic heterocycles. The van der Waals surface area contributed by atoms with E-state index in [-0.39, 0.29) is 11.5 Å². The number of aromatic nitrogens is 3. The van der Waals surface area contributed by atoms with Crippen LogP contribution < -0.4 is 19.7 Å². The number of thiazole rings is 1. The quantitative estimate of drug-likeness (QED) is 0.393. The third kappa shape index (κ3) is 3.50. The van der Waals surface area contributed by atoms with Crippen LogP contribution in [-0.4, -0.2) is 27.6 Å². The predicted molar refractivity (Wildman–Crippen MR) is 136 cm³/mol. The Balaban J connectivity index is 1.46. The molecule has 0 aliphatic carbocycles. The lowest BCUT2D eigenvalue weighted by Gasteiger charge is -2.17. The fourth-order valence-electron chi connectivity index (χ4n) is 4.28. The molecule has 0 saturated heterocycles. The van der Waals surface area contributed by atoms with Crippen molar-refractivity contribution in [2.75, 3.05) is 12.0 Å². The number of hydrogen-bond acceptors (Lipinski definition) is 6. The van der Waals surface area contributed by atoms with Gasteiger partial charge in [-0.15, -0.1) is 5.10 Å². The highest BCUT2D eigenvalue weighted by Crippen LogP contribution is 2.36. The summed E-state index contributed by atoms with van der Waals surface area (Å²) in [5.74, 6) is 0.988. The molecule has 35 heavy (non-hydrogen) atoms. The van der Waals surface area contributed by atoms with Gasteiger partial charge in [-0.2, -0.15) is 9.50 Å². The zero-order chi connectivity index (χ0) is 24.1. The average Bonchev–Trinajstić information content (AvgIpc) is 3.51. The second kappa shape index (κ2) is 8.18. The fourth-order valence-corrected chi connectivity index (χ4v) is 5.28. The summed E-state index contributed by atoms with van der Waals surface area (Å²) in [4.78, 5) is 33.7. The summed E-state index contributed by atoms with van der Waals surface area (Å²) in [6.07, 6.45) is 0. The van der Waals surface area contributed by atoms with Crippen LogP contribution in [0.3, 0.4) is 0 Å². The van der Waals surface area contributed by atoms with Crippen molar-refractivity contribution in [1.29, 1.82) is 0 Å². The van der Waals surface area contributed by atoms with Gasteiger partial charge in [-0.1, -0.05) is 59.4 Å². The lowest BCUT2D eigenvalue weighted by molar-refractivity contribution is -0.113. The van der Waals surface area contributed by atoms with E-state index in [9.17, 15) is 9.59 Å². The van der Waals surface area contributed by atoms with Crippen LogP contribution in [0.1, 0.15) is 16.7 Å². The molecule has 0 atom stereocenters. The molecule has 3 heterocycles. The summed E-state index contributed by atoms with van der Waals surface area (Å²) in [6, 6.07) is 23.0. The maximum Gasteiger partial charge on any atom is 0.291 e. The van der Waals surface area contributed by atoms with E-state index in [1.165, 1.54) is 15.9 Å². The molecule has 8 heteroatoms. The number of ether oxygens (including phenoxy) is 1. The molecule has 0 saturated carbocycles. The van der Waals surface area contributed by atoms with Gasteiger partial charge in [-0.25, -0.2) is 0 Å². The molecule has 172 valence electrons. The Morgan fingerprint density at radius 3 is 2.40 bits per heavy atom. The molecule has 0 radical (unpaired) electrons. The van der Waals surface area contributed by atoms with Gasteiger partial charge in [-0.05, 0) is 42.8 Å². The first kappa shape index (κ1) is 21.2. The third-order valence-corrected chi connectivity index (χ3v) is 7.15. The number of rotatable bonds is 4. The van der Waals surface area contributed by atoms with Gasteiger partial charge in [-0.3, -0.25) is 9.59 Å². The van der Waals surface area contributed by atoms with Gasteiger partial charge in [0.25, 0.3) is 11.5 Å². The SMILES string of the molecule is COc1ccc(-c2nc3s/c(=C4\C(=O)N(Cc5ccc(C)cc5)c5ccccc54)c(=O)n3n2)cc1. The van der Waals surface area contributed by atoms with Gasteiger partial charge in [0.2, 0.25) is 4.96 Å². The summed E-state index contributed by atoms with van der Waals surface area (Å²) in [5.41, 5.74) is 4.57. The summed E-state index contributed by atoms with van der Waals surface area (Å²) in [7, 11) is 1.60. The molecule has 0 spiro atoms. The fraction of sp³-hybridized carbons (Fsp3) is 0.111. The maximum atomic E-state index is 13.6. The second-order valence-corrected chi connectivity index (χ2v) is 9.34. The largest absolute Gasteiger partial charge is 0.497 e. The molecular weight excluding hydrogens is 460 g/mol. The van der Waals surface area contributed by atoms with Gasteiger partial charge in [0.05, 0.1) is 24.9 Å². The van der Waals surface area contributed by atoms with Crippen LogP contribution in [0.5, 0.6) is 5.75 Å². The minimum atomic E-state index is -0.340. The first-order chi connectivity index (χ1) is 17.0. The number of hydrogen-bond donors (Lipinski definition) is 0. The number of fused-ring (bicyclic) bond motifs is 2. The minimum absolute atomic E-state index is 0.191.